The molecule has 2 rings (SSSR count). The number of carbonyl (C=O) groups is 1. The Hall–Kier alpha value is -2.68. The molecule has 1 amide bonds. The molecular formula is C21H20Cl2N2O3. The summed E-state index contributed by atoms with van der Waals surface area (Å²) >= 11 is 12.3. The van der Waals surface area contributed by atoms with E-state index in [1.807, 2.05) is 19.9 Å². The number of amides is 1. The van der Waals surface area contributed by atoms with Crippen LogP contribution in [-0.4, -0.2) is 19.1 Å². The van der Waals surface area contributed by atoms with Gasteiger partial charge in [0, 0.05) is 16.3 Å². The van der Waals surface area contributed by atoms with Crippen molar-refractivity contribution >= 4 is 40.9 Å². The Morgan fingerprint density at radius 2 is 1.89 bits per heavy atom. The molecule has 0 radical (unpaired) electrons. The number of hydrogen-bond acceptors (Lipinski definition) is 4. The lowest BCUT2D eigenvalue weighted by Gasteiger charge is -2.12. The number of anilines is 1. The molecule has 0 atom stereocenters. The van der Waals surface area contributed by atoms with Gasteiger partial charge in [-0.05, 0) is 55.8 Å². The lowest BCUT2D eigenvalue weighted by atomic mass is 10.1. The fourth-order valence-electron chi connectivity index (χ4n) is 2.35. The standard InChI is InChI=1S/C21H20Cl2N2O3/c1-3-9-28-20-14(11-16(22)12-19(20)23)10-15(13-24)21(26)25-17-5-7-18(8-6-17)27-4-2/h5-8,10-12H,3-4,9H2,1-2H3,(H,25,26)/b15-10+. The van der Waals surface area contributed by atoms with Crippen LogP contribution in [0.3, 0.4) is 0 Å². The first-order chi connectivity index (χ1) is 13.5. The molecule has 7 heteroatoms. The summed E-state index contributed by atoms with van der Waals surface area (Å²) in [5.74, 6) is 0.529. The number of nitrogens with zero attached hydrogens (tertiary/aromatic N) is 1. The SMILES string of the molecule is CCCOc1c(Cl)cc(Cl)cc1/C=C(\C#N)C(=O)Nc1ccc(OCC)cc1. The number of rotatable bonds is 8. The van der Waals surface area contributed by atoms with Crippen LogP contribution in [0.1, 0.15) is 25.8 Å². The van der Waals surface area contributed by atoms with Gasteiger partial charge in [-0.15, -0.1) is 0 Å². The summed E-state index contributed by atoms with van der Waals surface area (Å²) < 4.78 is 11.0. The van der Waals surface area contributed by atoms with Gasteiger partial charge in [-0.2, -0.15) is 5.26 Å². The van der Waals surface area contributed by atoms with Gasteiger partial charge in [-0.1, -0.05) is 30.1 Å². The summed E-state index contributed by atoms with van der Waals surface area (Å²) in [6.07, 6.45) is 2.19. The van der Waals surface area contributed by atoms with Crippen LogP contribution in [0.5, 0.6) is 11.5 Å². The molecule has 0 bridgehead atoms. The average molecular weight is 419 g/mol. The van der Waals surface area contributed by atoms with Crippen molar-refractivity contribution < 1.29 is 14.3 Å². The maximum Gasteiger partial charge on any atom is 0.266 e. The van der Waals surface area contributed by atoms with E-state index in [0.717, 1.165) is 6.42 Å². The van der Waals surface area contributed by atoms with Crippen LogP contribution in [-0.2, 0) is 4.79 Å². The highest BCUT2D eigenvalue weighted by Crippen LogP contribution is 2.34. The van der Waals surface area contributed by atoms with Crippen molar-refractivity contribution in [3.8, 4) is 17.6 Å². The molecular weight excluding hydrogens is 399 g/mol. The fourth-order valence-corrected chi connectivity index (χ4v) is 2.91. The summed E-state index contributed by atoms with van der Waals surface area (Å²) in [6, 6.07) is 11.9. The zero-order valence-electron chi connectivity index (χ0n) is 15.6. The predicted molar refractivity (Wildman–Crippen MR) is 112 cm³/mol. The van der Waals surface area contributed by atoms with E-state index in [1.165, 1.54) is 6.08 Å². The fraction of sp³-hybridized carbons (Fsp3) is 0.238. The number of hydrogen-bond donors (Lipinski definition) is 1. The van der Waals surface area contributed by atoms with Crippen molar-refractivity contribution in [2.45, 2.75) is 20.3 Å². The highest BCUT2D eigenvalue weighted by Gasteiger charge is 2.14. The molecule has 0 spiro atoms. The molecule has 0 fully saturated rings. The van der Waals surface area contributed by atoms with Gasteiger partial charge in [0.2, 0.25) is 0 Å². The van der Waals surface area contributed by atoms with Crippen molar-refractivity contribution in [2.75, 3.05) is 18.5 Å². The first-order valence-corrected chi connectivity index (χ1v) is 9.51. The molecule has 5 nitrogen and oxygen atoms in total. The lowest BCUT2D eigenvalue weighted by molar-refractivity contribution is -0.112. The highest BCUT2D eigenvalue weighted by molar-refractivity contribution is 6.36. The minimum Gasteiger partial charge on any atom is -0.494 e. The topological polar surface area (TPSA) is 71.3 Å². The summed E-state index contributed by atoms with van der Waals surface area (Å²) in [4.78, 5) is 12.5. The second kappa shape index (κ2) is 10.6. The molecule has 28 heavy (non-hydrogen) atoms. The second-order valence-corrected chi connectivity index (χ2v) is 6.58. The molecule has 2 aromatic carbocycles. The highest BCUT2D eigenvalue weighted by atomic mass is 35.5. The molecule has 0 aliphatic carbocycles. The van der Waals surface area contributed by atoms with Crippen LogP contribution in [0.2, 0.25) is 10.0 Å². The van der Waals surface area contributed by atoms with Gasteiger partial charge < -0.3 is 14.8 Å². The van der Waals surface area contributed by atoms with Crippen LogP contribution < -0.4 is 14.8 Å². The van der Waals surface area contributed by atoms with Crippen molar-refractivity contribution in [1.82, 2.24) is 0 Å². The van der Waals surface area contributed by atoms with Gasteiger partial charge in [-0.3, -0.25) is 4.79 Å². The average Bonchev–Trinajstić information content (AvgIpc) is 2.67. The van der Waals surface area contributed by atoms with Gasteiger partial charge in [0.05, 0.1) is 18.2 Å². The Morgan fingerprint density at radius 3 is 2.50 bits per heavy atom. The van der Waals surface area contributed by atoms with Crippen molar-refractivity contribution in [2.24, 2.45) is 0 Å². The minimum atomic E-state index is -0.552. The Labute approximate surface area is 174 Å². The summed E-state index contributed by atoms with van der Waals surface area (Å²) in [5.41, 5.74) is 0.902. The Bertz CT molecular complexity index is 903. The molecule has 0 aromatic heterocycles. The maximum absolute atomic E-state index is 12.5. The Morgan fingerprint density at radius 1 is 1.18 bits per heavy atom. The van der Waals surface area contributed by atoms with Gasteiger partial charge in [0.15, 0.2) is 0 Å². The molecule has 0 heterocycles. The van der Waals surface area contributed by atoms with Crippen LogP contribution >= 0.6 is 23.2 Å². The first-order valence-electron chi connectivity index (χ1n) is 8.76. The van der Waals surface area contributed by atoms with Gasteiger partial charge in [0.1, 0.15) is 23.1 Å². The van der Waals surface area contributed by atoms with Crippen molar-refractivity contribution in [3.63, 3.8) is 0 Å². The van der Waals surface area contributed by atoms with Crippen molar-refractivity contribution in [3.05, 3.63) is 57.6 Å². The van der Waals surface area contributed by atoms with Crippen LogP contribution in [0.15, 0.2) is 42.0 Å². The summed E-state index contributed by atoms with van der Waals surface area (Å²) in [6.45, 7) is 4.85. The number of carbonyl (C=O) groups excluding carboxylic acids is 1. The molecule has 1 N–H and O–H groups in total. The Kier molecular flexibility index (Phi) is 8.19. The largest absolute Gasteiger partial charge is 0.494 e. The number of nitrogens with one attached hydrogen (secondary N) is 1. The summed E-state index contributed by atoms with van der Waals surface area (Å²) in [7, 11) is 0. The van der Waals surface area contributed by atoms with E-state index >= 15 is 0 Å². The first kappa shape index (κ1) is 21.6. The smallest absolute Gasteiger partial charge is 0.266 e. The molecule has 0 saturated carbocycles. The summed E-state index contributed by atoms with van der Waals surface area (Å²) in [5, 5.41) is 12.8. The van der Waals surface area contributed by atoms with Crippen LogP contribution in [0.25, 0.3) is 6.08 Å². The molecule has 0 unspecified atom stereocenters. The van der Waals surface area contributed by atoms with Crippen LogP contribution in [0, 0.1) is 11.3 Å². The van der Waals surface area contributed by atoms with E-state index in [4.69, 9.17) is 32.7 Å². The normalized spacial score (nSPS) is 10.9. The monoisotopic (exact) mass is 418 g/mol. The van der Waals surface area contributed by atoms with E-state index in [0.29, 0.717) is 46.0 Å². The number of ether oxygens (including phenoxy) is 2. The van der Waals surface area contributed by atoms with Gasteiger partial charge in [-0.25, -0.2) is 0 Å². The van der Waals surface area contributed by atoms with E-state index in [9.17, 15) is 10.1 Å². The van der Waals surface area contributed by atoms with Gasteiger partial charge >= 0.3 is 0 Å². The van der Waals surface area contributed by atoms with E-state index in [-0.39, 0.29) is 5.57 Å². The number of halogens is 2. The third-order valence-corrected chi connectivity index (χ3v) is 4.07. The molecule has 0 saturated heterocycles. The lowest BCUT2D eigenvalue weighted by Crippen LogP contribution is -2.13. The van der Waals surface area contributed by atoms with E-state index in [2.05, 4.69) is 5.32 Å². The molecule has 0 aliphatic rings. The zero-order valence-corrected chi connectivity index (χ0v) is 17.1. The van der Waals surface area contributed by atoms with E-state index < -0.39 is 5.91 Å². The molecule has 146 valence electrons. The third-order valence-electron chi connectivity index (χ3n) is 3.58. The van der Waals surface area contributed by atoms with Crippen molar-refractivity contribution in [1.29, 1.82) is 5.26 Å². The Balaban J connectivity index is 2.27. The third kappa shape index (κ3) is 5.91. The molecule has 0 aliphatic heterocycles. The molecule has 2 aromatic rings. The number of benzene rings is 2. The zero-order chi connectivity index (χ0) is 20.5. The van der Waals surface area contributed by atoms with Gasteiger partial charge in [0.25, 0.3) is 5.91 Å². The minimum absolute atomic E-state index is 0.103. The van der Waals surface area contributed by atoms with Crippen LogP contribution in [0.4, 0.5) is 5.69 Å². The predicted octanol–water partition coefficient (Wildman–Crippen LogP) is 5.73. The van der Waals surface area contributed by atoms with E-state index in [1.54, 1.807) is 36.4 Å². The quantitative estimate of drug-likeness (QED) is 0.438. The maximum atomic E-state index is 12.5. The second-order valence-electron chi connectivity index (χ2n) is 5.74. The number of nitriles is 1.